The third-order valence-electron chi connectivity index (χ3n) is 4.42. The van der Waals surface area contributed by atoms with Gasteiger partial charge >= 0.3 is 0 Å². The van der Waals surface area contributed by atoms with Gasteiger partial charge in [0.2, 0.25) is 0 Å². The molecule has 130 valence electrons. The average Bonchev–Trinajstić information content (AvgIpc) is 2.94. The molecule has 3 aromatic rings. The zero-order valence-corrected chi connectivity index (χ0v) is 15.0. The lowest BCUT2D eigenvalue weighted by molar-refractivity contribution is 0.132. The monoisotopic (exact) mass is 343 g/mol. The van der Waals surface area contributed by atoms with E-state index < -0.39 is 0 Å². The van der Waals surface area contributed by atoms with Crippen LogP contribution >= 0.6 is 0 Å². The van der Waals surface area contributed by atoms with Gasteiger partial charge in [-0.25, -0.2) is 0 Å². The molecule has 0 radical (unpaired) electrons. The molecule has 0 aliphatic carbocycles. The van der Waals surface area contributed by atoms with Gasteiger partial charge in [-0.1, -0.05) is 53.7 Å². The highest BCUT2D eigenvalue weighted by molar-refractivity contribution is 5.81. The molecular formula is C22H21N3O. The van der Waals surface area contributed by atoms with Crippen LogP contribution in [0.3, 0.4) is 0 Å². The largest absolute Gasteiger partial charge is 0.391 e. The lowest BCUT2D eigenvalue weighted by atomic mass is 10.1. The first-order chi connectivity index (χ1) is 12.7. The third kappa shape index (κ3) is 4.01. The van der Waals surface area contributed by atoms with Crippen LogP contribution in [0.15, 0.2) is 65.8 Å². The Labute approximate surface area is 154 Å². The Bertz CT molecular complexity index is 949. The summed E-state index contributed by atoms with van der Waals surface area (Å²) in [7, 11) is 0. The number of benzene rings is 2. The Morgan fingerprint density at radius 3 is 2.58 bits per heavy atom. The molecule has 0 fully saturated rings. The van der Waals surface area contributed by atoms with Gasteiger partial charge in [0.25, 0.3) is 0 Å². The molecule has 4 nitrogen and oxygen atoms in total. The summed E-state index contributed by atoms with van der Waals surface area (Å²) < 4.78 is 2.27. The zero-order chi connectivity index (χ0) is 18.4. The van der Waals surface area contributed by atoms with Crippen molar-refractivity contribution in [1.82, 2.24) is 4.57 Å². The van der Waals surface area contributed by atoms with Crippen LogP contribution in [-0.2, 0) is 18.0 Å². The van der Waals surface area contributed by atoms with Crippen molar-refractivity contribution in [1.29, 1.82) is 5.26 Å². The number of rotatable bonds is 6. The molecule has 1 heterocycles. The van der Waals surface area contributed by atoms with E-state index in [1.807, 2.05) is 24.3 Å². The van der Waals surface area contributed by atoms with E-state index in [0.29, 0.717) is 5.56 Å². The number of aryl methyl sites for hydroxylation is 1. The highest BCUT2D eigenvalue weighted by atomic mass is 16.6. The second-order valence-corrected chi connectivity index (χ2v) is 6.18. The Balaban J connectivity index is 1.68. The first-order valence-corrected chi connectivity index (χ1v) is 8.53. The molecule has 0 aliphatic rings. The van der Waals surface area contributed by atoms with E-state index in [9.17, 15) is 0 Å². The second-order valence-electron chi connectivity index (χ2n) is 6.18. The molecule has 0 bridgehead atoms. The average molecular weight is 343 g/mol. The van der Waals surface area contributed by atoms with E-state index >= 15 is 0 Å². The van der Waals surface area contributed by atoms with E-state index in [2.05, 4.69) is 60.0 Å². The fraction of sp³-hybridized carbons (Fsp3) is 0.182. The number of hydrogen-bond donors (Lipinski definition) is 0. The van der Waals surface area contributed by atoms with Crippen molar-refractivity contribution in [3.8, 4) is 6.07 Å². The van der Waals surface area contributed by atoms with Gasteiger partial charge in [-0.15, -0.1) is 0 Å². The van der Waals surface area contributed by atoms with Crippen molar-refractivity contribution >= 4 is 6.21 Å². The van der Waals surface area contributed by atoms with E-state index in [-0.39, 0.29) is 6.61 Å². The van der Waals surface area contributed by atoms with Crippen molar-refractivity contribution in [2.24, 2.45) is 5.16 Å². The predicted octanol–water partition coefficient (Wildman–Crippen LogP) is 4.58. The summed E-state index contributed by atoms with van der Waals surface area (Å²) in [5.74, 6) is 0. The number of nitrogens with zero attached hydrogens (tertiary/aromatic N) is 3. The van der Waals surface area contributed by atoms with Crippen LogP contribution in [-0.4, -0.2) is 10.8 Å². The maximum atomic E-state index is 9.10. The molecule has 0 saturated carbocycles. The normalized spacial score (nSPS) is 10.8. The Morgan fingerprint density at radius 1 is 1.08 bits per heavy atom. The van der Waals surface area contributed by atoms with Gasteiger partial charge in [0.15, 0.2) is 0 Å². The molecule has 0 atom stereocenters. The lowest BCUT2D eigenvalue weighted by Crippen LogP contribution is -2.04. The standard InChI is InChI=1S/C22H21N3O/c1-17-12-22(18(2)25(17)15-19-8-4-3-5-9-19)14-24-26-16-21-11-7-6-10-20(21)13-23/h3-12,14H,15-16H2,1-2H3/b24-14-. The van der Waals surface area contributed by atoms with Crippen molar-refractivity contribution in [2.75, 3.05) is 0 Å². The number of aromatic nitrogens is 1. The minimum atomic E-state index is 0.281. The van der Waals surface area contributed by atoms with Gasteiger partial charge in [-0.3, -0.25) is 0 Å². The van der Waals surface area contributed by atoms with Gasteiger partial charge in [-0.05, 0) is 31.5 Å². The smallest absolute Gasteiger partial charge is 0.143 e. The fourth-order valence-electron chi connectivity index (χ4n) is 2.92. The van der Waals surface area contributed by atoms with Crippen molar-refractivity contribution < 1.29 is 4.84 Å². The summed E-state index contributed by atoms with van der Waals surface area (Å²) >= 11 is 0. The lowest BCUT2D eigenvalue weighted by Gasteiger charge is -2.09. The number of nitriles is 1. The molecule has 0 spiro atoms. The number of oxime groups is 1. The van der Waals surface area contributed by atoms with Crippen LogP contribution in [0.2, 0.25) is 0 Å². The van der Waals surface area contributed by atoms with Crippen LogP contribution in [0.5, 0.6) is 0 Å². The summed E-state index contributed by atoms with van der Waals surface area (Å²) in [4.78, 5) is 5.40. The maximum absolute atomic E-state index is 9.10. The van der Waals surface area contributed by atoms with Crippen molar-refractivity contribution in [3.63, 3.8) is 0 Å². The van der Waals surface area contributed by atoms with Crippen LogP contribution in [0.25, 0.3) is 0 Å². The Kier molecular flexibility index (Phi) is 5.50. The highest BCUT2D eigenvalue weighted by Crippen LogP contribution is 2.16. The van der Waals surface area contributed by atoms with E-state index in [1.54, 1.807) is 12.3 Å². The predicted molar refractivity (Wildman–Crippen MR) is 103 cm³/mol. The molecule has 0 amide bonds. The van der Waals surface area contributed by atoms with Gasteiger partial charge in [-0.2, -0.15) is 5.26 Å². The summed E-state index contributed by atoms with van der Waals surface area (Å²) in [6.45, 7) is 5.30. The quantitative estimate of drug-likeness (QED) is 0.486. The van der Waals surface area contributed by atoms with Gasteiger partial charge in [0, 0.05) is 29.1 Å². The minimum Gasteiger partial charge on any atom is -0.391 e. The molecule has 1 aromatic heterocycles. The first kappa shape index (κ1) is 17.5. The van der Waals surface area contributed by atoms with Gasteiger partial charge in [0.1, 0.15) is 6.61 Å². The van der Waals surface area contributed by atoms with Crippen molar-refractivity contribution in [2.45, 2.75) is 27.0 Å². The summed E-state index contributed by atoms with van der Waals surface area (Å²) in [6.07, 6.45) is 1.73. The first-order valence-electron chi connectivity index (χ1n) is 8.53. The van der Waals surface area contributed by atoms with Crippen molar-refractivity contribution in [3.05, 3.63) is 94.3 Å². The Morgan fingerprint density at radius 2 is 1.81 bits per heavy atom. The molecule has 4 heteroatoms. The van der Waals surface area contributed by atoms with E-state index in [4.69, 9.17) is 10.1 Å². The van der Waals surface area contributed by atoms with E-state index in [1.165, 1.54) is 11.3 Å². The van der Waals surface area contributed by atoms with Gasteiger partial charge < -0.3 is 9.40 Å². The fourth-order valence-corrected chi connectivity index (χ4v) is 2.92. The summed E-state index contributed by atoms with van der Waals surface area (Å²) in [5, 5.41) is 13.2. The SMILES string of the molecule is Cc1cc(/C=N\OCc2ccccc2C#N)c(C)n1Cc1ccccc1. The third-order valence-corrected chi connectivity index (χ3v) is 4.42. The zero-order valence-electron chi connectivity index (χ0n) is 15.0. The molecule has 0 aliphatic heterocycles. The molecule has 2 aromatic carbocycles. The molecular weight excluding hydrogens is 322 g/mol. The molecule has 26 heavy (non-hydrogen) atoms. The molecule has 3 rings (SSSR count). The number of hydrogen-bond acceptors (Lipinski definition) is 3. The second kappa shape index (κ2) is 8.17. The topological polar surface area (TPSA) is 50.3 Å². The molecule has 0 N–H and O–H groups in total. The van der Waals surface area contributed by atoms with Crippen LogP contribution < -0.4 is 0 Å². The van der Waals surface area contributed by atoms with E-state index in [0.717, 1.165) is 23.4 Å². The van der Waals surface area contributed by atoms with Crippen LogP contribution in [0.1, 0.15) is 33.6 Å². The molecule has 0 saturated heterocycles. The summed E-state index contributed by atoms with van der Waals surface area (Å²) in [5.41, 5.74) is 6.08. The van der Waals surface area contributed by atoms with Gasteiger partial charge in [0.05, 0.1) is 17.8 Å². The summed E-state index contributed by atoms with van der Waals surface area (Å²) in [6, 6.07) is 22.0. The highest BCUT2D eigenvalue weighted by Gasteiger charge is 2.08. The molecule has 0 unspecified atom stereocenters. The van der Waals surface area contributed by atoms with Crippen LogP contribution in [0.4, 0.5) is 0 Å². The Hall–Kier alpha value is -3.32. The minimum absolute atomic E-state index is 0.281. The van der Waals surface area contributed by atoms with Crippen LogP contribution in [0, 0.1) is 25.2 Å². The maximum Gasteiger partial charge on any atom is 0.143 e.